The van der Waals surface area contributed by atoms with Gasteiger partial charge in [-0.1, -0.05) is 70.7 Å². The molecule has 0 bridgehead atoms. The van der Waals surface area contributed by atoms with E-state index < -0.39 is 80.7 Å². The van der Waals surface area contributed by atoms with Gasteiger partial charge in [0.15, 0.2) is 0 Å². The maximum atomic E-state index is 14.7. The van der Waals surface area contributed by atoms with E-state index in [2.05, 4.69) is 10.6 Å². The van der Waals surface area contributed by atoms with Crippen LogP contribution in [0.1, 0.15) is 48.4 Å². The van der Waals surface area contributed by atoms with Crippen molar-refractivity contribution in [3.05, 3.63) is 163 Å². The van der Waals surface area contributed by atoms with E-state index in [0.717, 1.165) is 48.5 Å². The number of methoxy groups -OCH3 is 1. The zero-order valence-electron chi connectivity index (χ0n) is 31.3. The zero-order valence-corrected chi connectivity index (χ0v) is 34.3. The topological polar surface area (TPSA) is 151 Å². The number of halogens is 8. The number of hydrogen-bond acceptors (Lipinski definition) is 6. The second-order valence-electron chi connectivity index (χ2n) is 12.5. The van der Waals surface area contributed by atoms with Gasteiger partial charge in [0, 0.05) is 0 Å². The quantitative estimate of drug-likeness (QED) is 0.0938. The fourth-order valence-electron chi connectivity index (χ4n) is 5.64. The first-order valence-corrected chi connectivity index (χ1v) is 18.9. The number of rotatable bonds is 11. The number of carboxylic acid groups (broad SMARTS) is 2. The summed E-state index contributed by atoms with van der Waals surface area (Å²) in [6.07, 6.45) is 0. The minimum atomic E-state index is -1.45. The number of amides is 2. The van der Waals surface area contributed by atoms with E-state index in [1.807, 2.05) is 6.92 Å². The first-order valence-electron chi connectivity index (χ1n) is 17.3. The Balaban J connectivity index is 0.000000231. The molecular formula is C43H28Cl4F4N2O8. The molecule has 0 heterocycles. The minimum Gasteiger partial charge on any atom is -0.497 e. The van der Waals surface area contributed by atoms with Crippen LogP contribution in [0.15, 0.2) is 97.1 Å². The van der Waals surface area contributed by atoms with Crippen molar-refractivity contribution >= 4 is 81.5 Å². The van der Waals surface area contributed by atoms with Crippen LogP contribution in [0.25, 0.3) is 22.3 Å². The van der Waals surface area contributed by atoms with Gasteiger partial charge in [-0.2, -0.15) is 0 Å². The van der Waals surface area contributed by atoms with Gasteiger partial charge in [-0.25, -0.2) is 27.2 Å². The second-order valence-corrected chi connectivity index (χ2v) is 14.1. The summed E-state index contributed by atoms with van der Waals surface area (Å²) < 4.78 is 69.1. The van der Waals surface area contributed by atoms with Crippen molar-refractivity contribution in [3.8, 4) is 33.8 Å². The Morgan fingerprint density at radius 1 is 0.525 bits per heavy atom. The minimum absolute atomic E-state index is 0.0772. The number of anilines is 2. The SMILES string of the molecule is CCOc1cccc(-c2cc(F)c(NC(=O)c3cc(Cl)c(Cl)cc3C(=O)O)c(F)c2)c1.COc1cccc(-c2cc(F)c(NC(=O)c3cc(Cl)c(Cl)cc3C(=O)O)c(F)c2)c1. The molecule has 0 unspecified atom stereocenters. The largest absolute Gasteiger partial charge is 0.497 e. The lowest BCUT2D eigenvalue weighted by molar-refractivity contribution is 0.0683. The van der Waals surface area contributed by atoms with Gasteiger partial charge in [0.1, 0.15) is 46.1 Å². The molecule has 0 aromatic heterocycles. The monoisotopic (exact) mass is 916 g/mol. The van der Waals surface area contributed by atoms with E-state index in [4.69, 9.17) is 55.9 Å². The molecule has 0 radical (unpaired) electrons. The van der Waals surface area contributed by atoms with Crippen molar-refractivity contribution in [1.29, 1.82) is 0 Å². The summed E-state index contributed by atoms with van der Waals surface area (Å²) in [5.74, 6) is -8.13. The summed E-state index contributed by atoms with van der Waals surface area (Å²) in [4.78, 5) is 47.9. The highest BCUT2D eigenvalue weighted by Crippen LogP contribution is 2.33. The molecule has 0 spiro atoms. The second kappa shape index (κ2) is 19.8. The van der Waals surface area contributed by atoms with Crippen molar-refractivity contribution in [2.75, 3.05) is 24.4 Å². The average molecular weight is 919 g/mol. The molecule has 6 rings (SSSR count). The average Bonchev–Trinajstić information content (AvgIpc) is 3.22. The van der Waals surface area contributed by atoms with E-state index in [0.29, 0.717) is 29.2 Å². The van der Waals surface area contributed by atoms with Crippen LogP contribution in [-0.4, -0.2) is 47.7 Å². The first-order chi connectivity index (χ1) is 28.9. The van der Waals surface area contributed by atoms with Crippen LogP contribution in [0.4, 0.5) is 28.9 Å². The van der Waals surface area contributed by atoms with Gasteiger partial charge in [-0.3, -0.25) is 9.59 Å². The molecule has 0 saturated carbocycles. The highest BCUT2D eigenvalue weighted by Gasteiger charge is 2.24. The Morgan fingerprint density at radius 2 is 0.869 bits per heavy atom. The summed E-state index contributed by atoms with van der Waals surface area (Å²) in [5.41, 5.74) is -1.69. The van der Waals surface area contributed by atoms with Crippen molar-refractivity contribution in [2.45, 2.75) is 6.92 Å². The molecule has 10 nitrogen and oxygen atoms in total. The molecule has 6 aromatic rings. The van der Waals surface area contributed by atoms with Gasteiger partial charge < -0.3 is 30.3 Å². The Morgan fingerprint density at radius 3 is 1.21 bits per heavy atom. The number of nitrogens with one attached hydrogen (secondary N) is 2. The van der Waals surface area contributed by atoms with E-state index in [9.17, 15) is 47.0 Å². The van der Waals surface area contributed by atoms with Crippen LogP contribution in [0, 0.1) is 23.3 Å². The van der Waals surface area contributed by atoms with Gasteiger partial charge in [0.05, 0.1) is 56.1 Å². The van der Waals surface area contributed by atoms with Crippen molar-refractivity contribution in [1.82, 2.24) is 0 Å². The number of hydrogen-bond donors (Lipinski definition) is 4. The van der Waals surface area contributed by atoms with Crippen LogP contribution in [0.3, 0.4) is 0 Å². The van der Waals surface area contributed by atoms with E-state index in [1.54, 1.807) is 48.5 Å². The van der Waals surface area contributed by atoms with Crippen LogP contribution < -0.4 is 20.1 Å². The number of ether oxygens (including phenoxy) is 2. The predicted octanol–water partition coefficient (Wildman–Crippen LogP) is 12.2. The number of carbonyl (C=O) groups excluding carboxylic acids is 2. The van der Waals surface area contributed by atoms with Gasteiger partial charge in [-0.05, 0) is 102 Å². The molecule has 6 aromatic carbocycles. The smallest absolute Gasteiger partial charge is 0.336 e. The van der Waals surface area contributed by atoms with Crippen LogP contribution in [-0.2, 0) is 0 Å². The molecule has 314 valence electrons. The molecule has 4 N–H and O–H groups in total. The molecule has 0 aliphatic heterocycles. The number of carboxylic acids is 2. The summed E-state index contributed by atoms with van der Waals surface area (Å²) in [5, 5.41) is 22.4. The lowest BCUT2D eigenvalue weighted by Gasteiger charge is -2.12. The fourth-order valence-corrected chi connectivity index (χ4v) is 6.29. The third kappa shape index (κ3) is 10.9. The first kappa shape index (κ1) is 45.8. The molecule has 0 aliphatic carbocycles. The number of carbonyl (C=O) groups is 4. The summed E-state index contributed by atoms with van der Waals surface area (Å²) in [7, 11) is 1.47. The van der Waals surface area contributed by atoms with E-state index >= 15 is 0 Å². The van der Waals surface area contributed by atoms with Gasteiger partial charge in [-0.15, -0.1) is 0 Å². The standard InChI is InChI=1S/C22H15Cl2F2NO4.C21H13Cl2F2NO4/c1-2-31-13-5-3-4-11(6-13)12-7-18(25)20(19(26)8-12)27-21(28)14-9-16(23)17(24)10-15(14)22(29)30;1-30-12-4-2-3-10(5-12)11-6-17(24)19(18(25)7-11)26-20(27)13-8-15(22)16(23)9-14(13)21(28)29/h3-10H,2H2,1H3,(H,27,28)(H,29,30);2-9H,1H3,(H,26,27)(H,28,29). The highest BCUT2D eigenvalue weighted by atomic mass is 35.5. The van der Waals surface area contributed by atoms with E-state index in [1.165, 1.54) is 7.11 Å². The molecule has 18 heteroatoms. The molecule has 2 amide bonds. The third-order valence-corrected chi connectivity index (χ3v) is 9.96. The highest BCUT2D eigenvalue weighted by molar-refractivity contribution is 6.43. The molecular weight excluding hydrogens is 890 g/mol. The molecule has 0 saturated heterocycles. The van der Waals surface area contributed by atoms with Crippen molar-refractivity contribution in [3.63, 3.8) is 0 Å². The Kier molecular flexibility index (Phi) is 14.9. The molecule has 0 fully saturated rings. The lowest BCUT2D eigenvalue weighted by Crippen LogP contribution is -2.18. The summed E-state index contributed by atoms with van der Waals surface area (Å²) in [6.45, 7) is 2.25. The molecule has 0 atom stereocenters. The van der Waals surface area contributed by atoms with Crippen molar-refractivity contribution < 1.29 is 56.4 Å². The maximum Gasteiger partial charge on any atom is 0.336 e. The summed E-state index contributed by atoms with van der Waals surface area (Å²) >= 11 is 23.3. The van der Waals surface area contributed by atoms with Crippen LogP contribution in [0.5, 0.6) is 11.5 Å². The Hall–Kier alpha value is -6.32. The summed E-state index contributed by atoms with van der Waals surface area (Å²) in [6, 6.07) is 21.5. The molecule has 61 heavy (non-hydrogen) atoms. The van der Waals surface area contributed by atoms with Gasteiger partial charge >= 0.3 is 11.9 Å². The normalized spacial score (nSPS) is 10.6. The van der Waals surface area contributed by atoms with Crippen molar-refractivity contribution in [2.24, 2.45) is 0 Å². The third-order valence-electron chi connectivity index (χ3n) is 8.51. The van der Waals surface area contributed by atoms with Crippen LogP contribution >= 0.6 is 46.4 Å². The zero-order chi connectivity index (χ0) is 44.7. The van der Waals surface area contributed by atoms with Gasteiger partial charge in [0.25, 0.3) is 11.8 Å². The maximum absolute atomic E-state index is 14.7. The lowest BCUT2D eigenvalue weighted by atomic mass is 10.0. The molecule has 0 aliphatic rings. The Labute approximate surface area is 364 Å². The predicted molar refractivity (Wildman–Crippen MR) is 224 cm³/mol. The van der Waals surface area contributed by atoms with E-state index in [-0.39, 0.29) is 31.2 Å². The van der Waals surface area contributed by atoms with Gasteiger partial charge in [0.2, 0.25) is 0 Å². The number of benzene rings is 6. The number of aromatic carboxylic acids is 2. The fraction of sp³-hybridized carbons (Fsp3) is 0.0698. The van der Waals surface area contributed by atoms with Crippen LogP contribution in [0.2, 0.25) is 20.1 Å². The Bertz CT molecular complexity index is 2670.